The highest BCUT2D eigenvalue weighted by atomic mass is 127. The van der Waals surface area contributed by atoms with Crippen molar-refractivity contribution in [3.8, 4) is 0 Å². The van der Waals surface area contributed by atoms with Crippen molar-refractivity contribution in [3.05, 3.63) is 27.3 Å². The normalized spacial score (nSPS) is 19.7. The van der Waals surface area contributed by atoms with Crippen LogP contribution in [0, 0.1) is 3.57 Å². The molecule has 0 aromatic heterocycles. The molecule has 1 atom stereocenters. The number of rotatable bonds is 2. The highest BCUT2D eigenvalue weighted by Crippen LogP contribution is 2.33. The van der Waals surface area contributed by atoms with Crippen LogP contribution in [0.15, 0.2) is 18.2 Å². The first-order chi connectivity index (χ1) is 9.38. The minimum Gasteiger partial charge on any atom is -0.324 e. The fraction of sp³-hybridized carbons (Fsp3) is 0.417. The lowest BCUT2D eigenvalue weighted by molar-refractivity contribution is -0.137. The van der Waals surface area contributed by atoms with Gasteiger partial charge in [0.05, 0.1) is 16.5 Å². The molecule has 0 saturated carbocycles. The van der Waals surface area contributed by atoms with E-state index in [1.165, 1.54) is 6.07 Å². The van der Waals surface area contributed by atoms with Crippen molar-refractivity contribution in [3.63, 3.8) is 0 Å². The monoisotopic (exact) mass is 433 g/mol. The number of carbonyl (C=O) groups is 1. The number of carbonyl (C=O) groups excluding carboxylic acids is 1. The van der Waals surface area contributed by atoms with Gasteiger partial charge in [-0.25, -0.2) is 0 Å². The number of anilines is 1. The van der Waals surface area contributed by atoms with Crippen molar-refractivity contribution in [1.29, 1.82) is 0 Å². The smallest absolute Gasteiger partial charge is 0.324 e. The fourth-order valence-electron chi connectivity index (χ4n) is 1.65. The summed E-state index contributed by atoms with van der Waals surface area (Å²) < 4.78 is 38.6. The van der Waals surface area contributed by atoms with E-state index >= 15 is 0 Å². The first-order valence-corrected chi connectivity index (χ1v) is 9.03. The van der Waals surface area contributed by atoms with Crippen LogP contribution in [0.3, 0.4) is 0 Å². The van der Waals surface area contributed by atoms with Crippen LogP contribution in [-0.2, 0) is 11.0 Å². The Balaban J connectivity index is 2.13. The van der Waals surface area contributed by atoms with Gasteiger partial charge in [-0.2, -0.15) is 24.9 Å². The van der Waals surface area contributed by atoms with Crippen molar-refractivity contribution in [2.45, 2.75) is 11.4 Å². The molecule has 1 aromatic carbocycles. The van der Waals surface area contributed by atoms with Crippen LogP contribution in [0.25, 0.3) is 0 Å². The van der Waals surface area contributed by atoms with Crippen molar-refractivity contribution in [1.82, 2.24) is 0 Å². The van der Waals surface area contributed by atoms with Crippen LogP contribution in [-0.4, -0.2) is 28.4 Å². The van der Waals surface area contributed by atoms with Gasteiger partial charge in [-0.1, -0.05) is 0 Å². The second-order valence-electron chi connectivity index (χ2n) is 4.12. The number of hydrogen-bond acceptors (Lipinski definition) is 3. The third-order valence-corrected chi connectivity index (χ3v) is 6.35. The summed E-state index contributed by atoms with van der Waals surface area (Å²) in [6.45, 7) is 0. The van der Waals surface area contributed by atoms with Gasteiger partial charge in [-0.3, -0.25) is 4.79 Å². The molecule has 8 heteroatoms. The Morgan fingerprint density at radius 1 is 1.35 bits per heavy atom. The van der Waals surface area contributed by atoms with Gasteiger partial charge in [0.2, 0.25) is 5.91 Å². The van der Waals surface area contributed by atoms with E-state index in [0.717, 1.165) is 23.6 Å². The summed E-state index contributed by atoms with van der Waals surface area (Å²) in [6.07, 6.45) is -4.40. The molecule has 0 aliphatic carbocycles. The molecule has 1 heterocycles. The Morgan fingerprint density at radius 2 is 2.10 bits per heavy atom. The molecule has 0 radical (unpaired) electrons. The molecule has 1 fully saturated rings. The van der Waals surface area contributed by atoms with Crippen molar-refractivity contribution < 1.29 is 18.0 Å². The predicted octanol–water partition coefficient (Wildman–Crippen LogP) is 4.10. The van der Waals surface area contributed by atoms with Gasteiger partial charge in [-0.15, -0.1) is 11.8 Å². The molecule has 1 unspecified atom stereocenters. The molecule has 110 valence electrons. The summed E-state index contributed by atoms with van der Waals surface area (Å²) in [5.41, 5.74) is -0.527. The molecule has 2 nitrogen and oxygen atoms in total. The van der Waals surface area contributed by atoms with Crippen LogP contribution >= 0.6 is 46.1 Å². The van der Waals surface area contributed by atoms with Crippen LogP contribution in [0.1, 0.15) is 5.56 Å². The van der Waals surface area contributed by atoms with Crippen molar-refractivity contribution >= 4 is 57.7 Å². The molecule has 1 aliphatic rings. The van der Waals surface area contributed by atoms with Gasteiger partial charge in [0.25, 0.3) is 0 Å². The van der Waals surface area contributed by atoms with Crippen LogP contribution in [0.2, 0.25) is 0 Å². The zero-order valence-corrected chi connectivity index (χ0v) is 14.0. The fourth-order valence-corrected chi connectivity index (χ4v) is 4.68. The summed E-state index contributed by atoms with van der Waals surface area (Å²) in [5, 5.41) is 2.42. The van der Waals surface area contributed by atoms with E-state index in [9.17, 15) is 18.0 Å². The van der Waals surface area contributed by atoms with Gasteiger partial charge in [0, 0.05) is 20.8 Å². The Labute approximate surface area is 136 Å². The number of benzene rings is 1. The number of halogens is 4. The zero-order valence-electron chi connectivity index (χ0n) is 10.2. The second kappa shape index (κ2) is 6.78. The Hall–Kier alpha value is -0.0900. The first kappa shape index (κ1) is 16.3. The van der Waals surface area contributed by atoms with Gasteiger partial charge < -0.3 is 5.32 Å². The van der Waals surface area contributed by atoms with E-state index in [2.05, 4.69) is 5.32 Å². The SMILES string of the molecule is O=C(Nc1cc(C(F)(F)F)ccc1I)C1CSCCS1. The van der Waals surface area contributed by atoms with E-state index in [4.69, 9.17) is 0 Å². The molecule has 20 heavy (non-hydrogen) atoms. The Kier molecular flexibility index (Phi) is 5.52. The van der Waals surface area contributed by atoms with Crippen LogP contribution < -0.4 is 5.32 Å². The van der Waals surface area contributed by atoms with E-state index in [1.54, 1.807) is 23.5 Å². The Morgan fingerprint density at radius 3 is 2.70 bits per heavy atom. The number of nitrogens with one attached hydrogen (secondary N) is 1. The standard InChI is InChI=1S/C12H11F3INOS2/c13-12(14,15)7-1-2-8(16)9(5-7)17-11(18)10-6-19-3-4-20-10/h1-2,5,10H,3-4,6H2,(H,17,18). The van der Waals surface area contributed by atoms with Crippen molar-refractivity contribution in [2.75, 3.05) is 22.6 Å². The molecule has 1 amide bonds. The number of alkyl halides is 3. The molecule has 1 N–H and O–H groups in total. The highest BCUT2D eigenvalue weighted by molar-refractivity contribution is 14.1. The van der Waals surface area contributed by atoms with Gasteiger partial charge in [-0.05, 0) is 40.8 Å². The number of thioether (sulfide) groups is 2. The molecule has 0 spiro atoms. The zero-order chi connectivity index (χ0) is 14.8. The minimum atomic E-state index is -4.40. The summed E-state index contributed by atoms with van der Waals surface area (Å²) in [7, 11) is 0. The minimum absolute atomic E-state index is 0.195. The first-order valence-electron chi connectivity index (χ1n) is 5.75. The molecule has 1 aromatic rings. The third kappa shape index (κ3) is 4.20. The number of hydrogen-bond donors (Lipinski definition) is 1. The molecule has 0 bridgehead atoms. The molecular weight excluding hydrogens is 422 g/mol. The summed E-state index contributed by atoms with van der Waals surface area (Å²) in [5.74, 6) is 2.38. The maximum atomic E-state index is 12.7. The summed E-state index contributed by atoms with van der Waals surface area (Å²) in [4.78, 5) is 12.1. The van der Waals surface area contributed by atoms with E-state index in [-0.39, 0.29) is 16.8 Å². The second-order valence-corrected chi connectivity index (χ2v) is 7.74. The summed E-state index contributed by atoms with van der Waals surface area (Å²) in [6, 6.07) is 3.37. The van der Waals surface area contributed by atoms with E-state index in [1.807, 2.05) is 22.6 Å². The number of amides is 1. The van der Waals surface area contributed by atoms with E-state index in [0.29, 0.717) is 9.32 Å². The van der Waals surface area contributed by atoms with Gasteiger partial charge in [0.15, 0.2) is 0 Å². The summed E-state index contributed by atoms with van der Waals surface area (Å²) >= 11 is 5.15. The van der Waals surface area contributed by atoms with Crippen LogP contribution in [0.4, 0.5) is 18.9 Å². The van der Waals surface area contributed by atoms with Crippen molar-refractivity contribution in [2.24, 2.45) is 0 Å². The Bertz CT molecular complexity index is 504. The maximum absolute atomic E-state index is 12.7. The van der Waals surface area contributed by atoms with Crippen LogP contribution in [0.5, 0.6) is 0 Å². The molecule has 1 saturated heterocycles. The predicted molar refractivity (Wildman–Crippen MR) is 86.4 cm³/mol. The van der Waals surface area contributed by atoms with Gasteiger partial charge >= 0.3 is 6.18 Å². The average Bonchev–Trinajstić information content (AvgIpc) is 2.41. The highest BCUT2D eigenvalue weighted by Gasteiger charge is 2.31. The van der Waals surface area contributed by atoms with Gasteiger partial charge in [0.1, 0.15) is 0 Å². The largest absolute Gasteiger partial charge is 0.416 e. The third-order valence-electron chi connectivity index (χ3n) is 2.66. The molecular formula is C12H11F3INOS2. The molecule has 1 aliphatic heterocycles. The maximum Gasteiger partial charge on any atom is 0.416 e. The average molecular weight is 433 g/mol. The molecule has 2 rings (SSSR count). The quantitative estimate of drug-likeness (QED) is 0.713. The lowest BCUT2D eigenvalue weighted by atomic mass is 10.2. The topological polar surface area (TPSA) is 29.1 Å². The lowest BCUT2D eigenvalue weighted by Crippen LogP contribution is -2.30. The lowest BCUT2D eigenvalue weighted by Gasteiger charge is -2.21. The van der Waals surface area contributed by atoms with E-state index < -0.39 is 11.7 Å².